The molecule has 0 aromatic carbocycles. The largest absolute Gasteiger partial charge is 0.379 e. The molecule has 0 radical (unpaired) electrons. The van der Waals surface area contributed by atoms with Crippen LogP contribution >= 0.6 is 22.7 Å². The van der Waals surface area contributed by atoms with E-state index in [0.717, 1.165) is 35.9 Å². The minimum absolute atomic E-state index is 0.0997. The van der Waals surface area contributed by atoms with E-state index in [4.69, 9.17) is 4.74 Å². The lowest BCUT2D eigenvalue weighted by Crippen LogP contribution is -2.50. The van der Waals surface area contributed by atoms with Crippen LogP contribution in [0.2, 0.25) is 0 Å². The van der Waals surface area contributed by atoms with Gasteiger partial charge in [0.25, 0.3) is 0 Å². The van der Waals surface area contributed by atoms with Crippen molar-refractivity contribution in [3.05, 3.63) is 34.0 Å². The van der Waals surface area contributed by atoms with Gasteiger partial charge in [0.1, 0.15) is 0 Å². The van der Waals surface area contributed by atoms with Crippen LogP contribution in [0.1, 0.15) is 17.7 Å². The van der Waals surface area contributed by atoms with Crippen molar-refractivity contribution < 1.29 is 9.53 Å². The molecule has 1 N–H and O–H groups in total. The summed E-state index contributed by atoms with van der Waals surface area (Å²) in [4.78, 5) is 20.4. The maximum absolute atomic E-state index is 12.4. The molecular weight excluding hydrogens is 354 g/mol. The average molecular weight is 378 g/mol. The average Bonchev–Trinajstić information content (AvgIpc) is 3.34. The molecule has 0 bridgehead atoms. The maximum atomic E-state index is 12.4. The van der Waals surface area contributed by atoms with Crippen molar-refractivity contribution in [3.8, 4) is 0 Å². The molecule has 4 rings (SSSR count). The van der Waals surface area contributed by atoms with Crippen LogP contribution in [0.25, 0.3) is 0 Å². The fraction of sp³-hybridized carbons (Fsp3) is 0.556. The topological polar surface area (TPSA) is 54.5 Å². The van der Waals surface area contributed by atoms with Crippen LogP contribution in [0, 0.1) is 11.8 Å². The number of hydrogen-bond acceptors (Lipinski definition) is 6. The highest BCUT2D eigenvalue weighted by molar-refractivity contribution is 7.13. The lowest BCUT2D eigenvalue weighted by atomic mass is 9.77. The number of nitrogens with zero attached hydrogens (tertiary/aromatic N) is 2. The Balaban J connectivity index is 1.39. The van der Waals surface area contributed by atoms with Crippen molar-refractivity contribution in [1.29, 1.82) is 0 Å². The first-order valence-corrected chi connectivity index (χ1v) is 10.5. The number of amides is 1. The van der Waals surface area contributed by atoms with Gasteiger partial charge in [0.2, 0.25) is 5.91 Å². The van der Waals surface area contributed by atoms with Gasteiger partial charge in [-0.1, -0.05) is 6.07 Å². The molecule has 3 heterocycles. The van der Waals surface area contributed by atoms with E-state index >= 15 is 0 Å². The molecule has 2 aromatic heterocycles. The Morgan fingerprint density at radius 1 is 1.32 bits per heavy atom. The molecule has 5 nitrogen and oxygen atoms in total. The highest BCUT2D eigenvalue weighted by Crippen LogP contribution is 2.39. The quantitative estimate of drug-likeness (QED) is 0.871. The van der Waals surface area contributed by atoms with Gasteiger partial charge in [0.15, 0.2) is 5.13 Å². The Bertz CT molecular complexity index is 689. The molecule has 0 unspecified atom stereocenters. The molecule has 2 aromatic rings. The Morgan fingerprint density at radius 3 is 2.84 bits per heavy atom. The normalized spacial score (nSPS) is 28.8. The van der Waals surface area contributed by atoms with Crippen LogP contribution in [0.15, 0.2) is 29.1 Å². The van der Waals surface area contributed by atoms with Gasteiger partial charge < -0.3 is 15.0 Å². The van der Waals surface area contributed by atoms with Crippen molar-refractivity contribution >= 4 is 33.7 Å². The number of aromatic nitrogens is 1. The van der Waals surface area contributed by atoms with Crippen molar-refractivity contribution in [1.82, 2.24) is 10.3 Å². The van der Waals surface area contributed by atoms with Gasteiger partial charge in [-0.25, -0.2) is 4.98 Å². The predicted octanol–water partition coefficient (Wildman–Crippen LogP) is 2.79. The van der Waals surface area contributed by atoms with Gasteiger partial charge >= 0.3 is 0 Å². The van der Waals surface area contributed by atoms with E-state index in [1.807, 2.05) is 29.1 Å². The van der Waals surface area contributed by atoms with Crippen molar-refractivity contribution in [2.24, 2.45) is 11.8 Å². The second kappa shape index (κ2) is 7.43. The van der Waals surface area contributed by atoms with Crippen LogP contribution in [0.3, 0.4) is 0 Å². The first kappa shape index (κ1) is 17.0. The fourth-order valence-electron chi connectivity index (χ4n) is 4.18. The summed E-state index contributed by atoms with van der Waals surface area (Å²) in [7, 11) is 1.76. The first-order valence-electron chi connectivity index (χ1n) is 8.72. The first-order chi connectivity index (χ1) is 12.2. The molecule has 2 aliphatic rings. The van der Waals surface area contributed by atoms with Crippen LogP contribution < -0.4 is 10.2 Å². The Labute approximate surface area is 156 Å². The summed E-state index contributed by atoms with van der Waals surface area (Å²) in [5, 5.41) is 8.39. The minimum atomic E-state index is 0.0997. The van der Waals surface area contributed by atoms with Crippen molar-refractivity contribution in [2.75, 3.05) is 25.1 Å². The number of carbonyl (C=O) groups is 1. The lowest BCUT2D eigenvalue weighted by molar-refractivity contribution is -0.123. The second-order valence-corrected chi connectivity index (χ2v) is 8.82. The molecule has 25 heavy (non-hydrogen) atoms. The Kier molecular flexibility index (Phi) is 5.05. The molecule has 134 valence electrons. The Hall–Kier alpha value is -1.44. The van der Waals surface area contributed by atoms with Crippen LogP contribution in [-0.4, -0.2) is 43.2 Å². The summed E-state index contributed by atoms with van der Waals surface area (Å²) in [5.74, 6) is 1.32. The van der Waals surface area contributed by atoms with E-state index in [9.17, 15) is 4.79 Å². The number of carbonyl (C=O) groups excluding carboxylic acids is 1. The van der Waals surface area contributed by atoms with E-state index in [1.54, 1.807) is 29.8 Å². The smallest absolute Gasteiger partial charge is 0.225 e. The number of thiazole rings is 1. The highest BCUT2D eigenvalue weighted by atomic mass is 32.1. The van der Waals surface area contributed by atoms with Crippen LogP contribution in [0.5, 0.6) is 0 Å². The number of thiophene rings is 1. The molecule has 7 heteroatoms. The van der Waals surface area contributed by atoms with Crippen LogP contribution in [-0.2, 0) is 16.0 Å². The van der Waals surface area contributed by atoms with E-state index in [0.29, 0.717) is 18.3 Å². The number of hydrogen-bond donors (Lipinski definition) is 1. The maximum Gasteiger partial charge on any atom is 0.225 e. The molecule has 1 saturated heterocycles. The summed E-state index contributed by atoms with van der Waals surface area (Å²) >= 11 is 3.33. The zero-order chi connectivity index (χ0) is 17.2. The zero-order valence-electron chi connectivity index (χ0n) is 14.3. The van der Waals surface area contributed by atoms with Gasteiger partial charge in [-0.3, -0.25) is 4.79 Å². The molecule has 1 amide bonds. The fourth-order valence-corrected chi connectivity index (χ4v) is 5.55. The third kappa shape index (κ3) is 3.73. The number of methoxy groups -OCH3 is 1. The summed E-state index contributed by atoms with van der Waals surface area (Å²) in [6.07, 6.45) is 4.43. The van der Waals surface area contributed by atoms with Gasteiger partial charge in [0.05, 0.1) is 18.6 Å². The number of nitrogens with one attached hydrogen (secondary N) is 1. The molecule has 2 fully saturated rings. The summed E-state index contributed by atoms with van der Waals surface area (Å²) in [5.41, 5.74) is 0. The van der Waals surface area contributed by atoms with Gasteiger partial charge in [0, 0.05) is 36.7 Å². The minimum Gasteiger partial charge on any atom is -0.379 e. The number of rotatable bonds is 5. The lowest BCUT2D eigenvalue weighted by Gasteiger charge is -2.37. The summed E-state index contributed by atoms with van der Waals surface area (Å²) in [6, 6.07) is 4.11. The zero-order valence-corrected chi connectivity index (χ0v) is 15.9. The summed E-state index contributed by atoms with van der Waals surface area (Å²) < 4.78 is 5.73. The monoisotopic (exact) mass is 377 g/mol. The van der Waals surface area contributed by atoms with Gasteiger partial charge in [-0.2, -0.15) is 0 Å². The molecule has 1 saturated carbocycles. The van der Waals surface area contributed by atoms with E-state index in [2.05, 4.69) is 15.2 Å². The van der Waals surface area contributed by atoms with Gasteiger partial charge in [-0.05, 0) is 36.1 Å². The third-order valence-electron chi connectivity index (χ3n) is 5.37. The van der Waals surface area contributed by atoms with Crippen molar-refractivity contribution in [2.45, 2.75) is 31.4 Å². The molecular formula is C18H23N3O2S2. The van der Waals surface area contributed by atoms with E-state index in [1.165, 1.54) is 0 Å². The second-order valence-electron chi connectivity index (χ2n) is 6.92. The summed E-state index contributed by atoms with van der Waals surface area (Å²) in [6.45, 7) is 2.08. The molecule has 1 aliphatic carbocycles. The highest BCUT2D eigenvalue weighted by Gasteiger charge is 2.43. The Morgan fingerprint density at radius 2 is 2.16 bits per heavy atom. The van der Waals surface area contributed by atoms with E-state index < -0.39 is 0 Å². The molecule has 4 atom stereocenters. The third-order valence-corrected chi connectivity index (χ3v) is 7.08. The van der Waals surface area contributed by atoms with Crippen LogP contribution in [0.4, 0.5) is 5.13 Å². The molecule has 0 spiro atoms. The van der Waals surface area contributed by atoms with E-state index in [-0.39, 0.29) is 18.1 Å². The van der Waals surface area contributed by atoms with Crippen molar-refractivity contribution in [3.63, 3.8) is 0 Å². The number of anilines is 1. The SMILES string of the molecule is CO[C@H]1C[C@@H]2CN(c3nccs3)C[C@@H]2C[C@@H]1NC(=O)Cc1cccs1. The molecule has 1 aliphatic heterocycles. The number of fused-ring (bicyclic) bond motifs is 1. The standard InChI is InChI=1S/C18H23N3O2S2/c1-23-16-8-13-11-21(18-19-4-6-25-18)10-12(13)7-15(16)20-17(22)9-14-3-2-5-24-14/h2-6,12-13,15-16H,7-11H2,1H3,(H,20,22)/t12-,13+,15-,16-/m0/s1. The van der Waals surface area contributed by atoms with Gasteiger partial charge in [-0.15, -0.1) is 22.7 Å². The number of ether oxygens (including phenoxy) is 1. The predicted molar refractivity (Wildman–Crippen MR) is 101 cm³/mol.